The molecule has 1 aromatic heterocycles. The van der Waals surface area contributed by atoms with Crippen LogP contribution >= 0.6 is 11.6 Å². The van der Waals surface area contributed by atoms with Gasteiger partial charge in [-0.3, -0.25) is 10.4 Å². The molecular formula is C17H14ClN3O2. The first-order valence-corrected chi connectivity index (χ1v) is 7.26. The number of anilines is 1. The second kappa shape index (κ2) is 6.54. The molecule has 0 radical (unpaired) electrons. The lowest BCUT2D eigenvalue weighted by Crippen LogP contribution is -1.94. The third-order valence-electron chi connectivity index (χ3n) is 3.34. The van der Waals surface area contributed by atoms with Crippen LogP contribution in [0.5, 0.6) is 11.5 Å². The van der Waals surface area contributed by atoms with Crippen molar-refractivity contribution in [1.29, 1.82) is 0 Å². The molecule has 5 nitrogen and oxygen atoms in total. The SMILES string of the molecule is COc1cccc(/C=N/Nc2ccnc3cc(Cl)ccc23)c1O. The van der Waals surface area contributed by atoms with Gasteiger partial charge in [-0.05, 0) is 36.4 Å². The number of hydrazone groups is 1. The third-order valence-corrected chi connectivity index (χ3v) is 3.58. The molecule has 0 spiro atoms. The minimum absolute atomic E-state index is 0.0481. The monoisotopic (exact) mass is 327 g/mol. The van der Waals surface area contributed by atoms with Gasteiger partial charge in [0.15, 0.2) is 11.5 Å². The average Bonchev–Trinajstić information content (AvgIpc) is 2.56. The van der Waals surface area contributed by atoms with Crippen molar-refractivity contribution >= 4 is 34.4 Å². The van der Waals surface area contributed by atoms with E-state index in [1.54, 1.807) is 36.5 Å². The van der Waals surface area contributed by atoms with Gasteiger partial charge < -0.3 is 9.84 Å². The van der Waals surface area contributed by atoms with Crippen LogP contribution in [0.15, 0.2) is 53.8 Å². The van der Waals surface area contributed by atoms with E-state index in [-0.39, 0.29) is 5.75 Å². The summed E-state index contributed by atoms with van der Waals surface area (Å²) >= 11 is 5.97. The average molecular weight is 328 g/mol. The van der Waals surface area contributed by atoms with Crippen molar-refractivity contribution in [2.24, 2.45) is 5.10 Å². The molecule has 0 aliphatic heterocycles. The molecule has 116 valence electrons. The molecule has 1 heterocycles. The maximum absolute atomic E-state index is 10.0. The molecule has 0 atom stereocenters. The smallest absolute Gasteiger partial charge is 0.166 e. The number of hydrogen-bond donors (Lipinski definition) is 2. The molecule has 0 aliphatic carbocycles. The van der Waals surface area contributed by atoms with E-state index < -0.39 is 0 Å². The number of fused-ring (bicyclic) bond motifs is 1. The summed E-state index contributed by atoms with van der Waals surface area (Å²) in [6.45, 7) is 0. The predicted octanol–water partition coefficient (Wildman–Crippen LogP) is 4.05. The molecule has 0 aliphatic rings. The number of hydrogen-bond acceptors (Lipinski definition) is 5. The standard InChI is InChI=1S/C17H14ClN3O2/c1-23-16-4-2-3-11(17(16)22)10-20-21-14-7-8-19-15-9-12(18)5-6-13(14)15/h2-10,22H,1H3,(H,19,21)/b20-10+. The summed E-state index contributed by atoms with van der Waals surface area (Å²) in [6, 6.07) is 12.5. The van der Waals surface area contributed by atoms with E-state index in [1.165, 1.54) is 13.3 Å². The molecule has 3 rings (SSSR count). The van der Waals surface area contributed by atoms with E-state index in [4.69, 9.17) is 16.3 Å². The molecule has 0 unspecified atom stereocenters. The summed E-state index contributed by atoms with van der Waals surface area (Å²) in [4.78, 5) is 4.27. The lowest BCUT2D eigenvalue weighted by atomic mass is 10.2. The second-order valence-corrected chi connectivity index (χ2v) is 5.22. The number of aromatic hydroxyl groups is 1. The molecule has 0 amide bonds. The number of methoxy groups -OCH3 is 1. The molecule has 0 bridgehead atoms. The number of para-hydroxylation sites is 1. The highest BCUT2D eigenvalue weighted by Crippen LogP contribution is 2.28. The van der Waals surface area contributed by atoms with Crippen molar-refractivity contribution in [3.05, 3.63) is 59.2 Å². The third kappa shape index (κ3) is 3.19. The van der Waals surface area contributed by atoms with Gasteiger partial charge in [-0.2, -0.15) is 5.10 Å². The van der Waals surface area contributed by atoms with Crippen LogP contribution in [0.1, 0.15) is 5.56 Å². The van der Waals surface area contributed by atoms with Crippen LogP contribution in [0.2, 0.25) is 5.02 Å². The molecular weight excluding hydrogens is 314 g/mol. The van der Waals surface area contributed by atoms with Crippen molar-refractivity contribution in [1.82, 2.24) is 4.98 Å². The Morgan fingerprint density at radius 3 is 2.96 bits per heavy atom. The lowest BCUT2D eigenvalue weighted by molar-refractivity contribution is 0.373. The molecule has 0 fully saturated rings. The zero-order chi connectivity index (χ0) is 16.2. The quantitative estimate of drug-likeness (QED) is 0.560. The van der Waals surface area contributed by atoms with Crippen molar-refractivity contribution in [2.45, 2.75) is 0 Å². The Morgan fingerprint density at radius 1 is 1.26 bits per heavy atom. The number of ether oxygens (including phenoxy) is 1. The number of phenolic OH excluding ortho intramolecular Hbond substituents is 1. The second-order valence-electron chi connectivity index (χ2n) is 4.79. The van der Waals surface area contributed by atoms with Crippen LogP contribution in [-0.2, 0) is 0 Å². The Balaban J connectivity index is 1.86. The number of halogens is 1. The fraction of sp³-hybridized carbons (Fsp3) is 0.0588. The molecule has 0 saturated heterocycles. The van der Waals surface area contributed by atoms with Gasteiger partial charge in [-0.25, -0.2) is 0 Å². The van der Waals surface area contributed by atoms with E-state index in [2.05, 4.69) is 15.5 Å². The normalized spacial score (nSPS) is 11.0. The number of benzene rings is 2. The van der Waals surface area contributed by atoms with Crippen LogP contribution in [-0.4, -0.2) is 23.4 Å². The molecule has 23 heavy (non-hydrogen) atoms. The minimum Gasteiger partial charge on any atom is -0.504 e. The highest BCUT2D eigenvalue weighted by Gasteiger charge is 2.05. The predicted molar refractivity (Wildman–Crippen MR) is 92.6 cm³/mol. The Kier molecular flexibility index (Phi) is 4.30. The van der Waals surface area contributed by atoms with Gasteiger partial charge in [-0.15, -0.1) is 0 Å². The Bertz CT molecular complexity index is 881. The first kappa shape index (κ1) is 15.1. The number of aromatic nitrogens is 1. The largest absolute Gasteiger partial charge is 0.504 e. The van der Waals surface area contributed by atoms with Gasteiger partial charge >= 0.3 is 0 Å². The molecule has 2 aromatic carbocycles. The minimum atomic E-state index is 0.0481. The summed E-state index contributed by atoms with van der Waals surface area (Å²) in [6.07, 6.45) is 3.21. The number of nitrogens with one attached hydrogen (secondary N) is 1. The van der Waals surface area contributed by atoms with Crippen LogP contribution in [0.25, 0.3) is 10.9 Å². The number of pyridine rings is 1. The van der Waals surface area contributed by atoms with Crippen molar-refractivity contribution < 1.29 is 9.84 Å². The number of phenols is 1. The Hall–Kier alpha value is -2.79. The van der Waals surface area contributed by atoms with Gasteiger partial charge in [0.05, 0.1) is 24.5 Å². The van der Waals surface area contributed by atoms with E-state index in [1.807, 2.05) is 12.1 Å². The first-order valence-electron chi connectivity index (χ1n) is 6.88. The van der Waals surface area contributed by atoms with E-state index in [9.17, 15) is 5.11 Å². The highest BCUT2D eigenvalue weighted by atomic mass is 35.5. The zero-order valence-electron chi connectivity index (χ0n) is 12.3. The molecule has 3 aromatic rings. The van der Waals surface area contributed by atoms with Gasteiger partial charge in [-0.1, -0.05) is 17.7 Å². The van der Waals surface area contributed by atoms with Gasteiger partial charge in [0.25, 0.3) is 0 Å². The molecule has 6 heteroatoms. The number of nitrogens with zero attached hydrogens (tertiary/aromatic N) is 2. The number of rotatable bonds is 4. The molecule has 0 saturated carbocycles. The van der Waals surface area contributed by atoms with Crippen LogP contribution in [0, 0.1) is 0 Å². The Morgan fingerprint density at radius 2 is 2.13 bits per heavy atom. The summed E-state index contributed by atoms with van der Waals surface area (Å²) in [7, 11) is 1.50. The van der Waals surface area contributed by atoms with Crippen LogP contribution in [0.4, 0.5) is 5.69 Å². The summed E-state index contributed by atoms with van der Waals surface area (Å²) < 4.78 is 5.07. The zero-order valence-corrected chi connectivity index (χ0v) is 13.1. The fourth-order valence-corrected chi connectivity index (χ4v) is 2.36. The summed E-state index contributed by atoms with van der Waals surface area (Å²) in [5.74, 6) is 0.449. The van der Waals surface area contributed by atoms with E-state index >= 15 is 0 Å². The maximum Gasteiger partial charge on any atom is 0.166 e. The Labute approximate surface area is 138 Å². The first-order chi connectivity index (χ1) is 11.2. The molecule has 2 N–H and O–H groups in total. The fourth-order valence-electron chi connectivity index (χ4n) is 2.20. The van der Waals surface area contributed by atoms with E-state index in [0.717, 1.165) is 16.6 Å². The van der Waals surface area contributed by atoms with Crippen molar-refractivity contribution in [2.75, 3.05) is 12.5 Å². The van der Waals surface area contributed by atoms with Crippen molar-refractivity contribution in [3.63, 3.8) is 0 Å². The summed E-state index contributed by atoms with van der Waals surface area (Å²) in [5.41, 5.74) is 5.08. The lowest BCUT2D eigenvalue weighted by Gasteiger charge is -2.06. The van der Waals surface area contributed by atoms with Crippen LogP contribution in [0.3, 0.4) is 0 Å². The van der Waals surface area contributed by atoms with Gasteiger partial charge in [0.1, 0.15) is 0 Å². The van der Waals surface area contributed by atoms with Crippen molar-refractivity contribution in [3.8, 4) is 11.5 Å². The highest BCUT2D eigenvalue weighted by molar-refractivity contribution is 6.31. The maximum atomic E-state index is 10.0. The van der Waals surface area contributed by atoms with Gasteiger partial charge in [0.2, 0.25) is 0 Å². The van der Waals surface area contributed by atoms with E-state index in [0.29, 0.717) is 16.3 Å². The van der Waals surface area contributed by atoms with Crippen LogP contribution < -0.4 is 10.2 Å². The van der Waals surface area contributed by atoms with Gasteiger partial charge in [0, 0.05) is 22.2 Å². The summed E-state index contributed by atoms with van der Waals surface area (Å²) in [5, 5.41) is 15.7. The topological polar surface area (TPSA) is 66.7 Å².